The van der Waals surface area contributed by atoms with Gasteiger partial charge in [-0.05, 0) is 38.7 Å². The quantitative estimate of drug-likeness (QED) is 0.898. The first-order valence-electron chi connectivity index (χ1n) is 7.60. The van der Waals surface area contributed by atoms with Crippen molar-refractivity contribution in [3.63, 3.8) is 0 Å². The van der Waals surface area contributed by atoms with Crippen molar-refractivity contribution in [3.8, 4) is 0 Å². The molecule has 20 heavy (non-hydrogen) atoms. The van der Waals surface area contributed by atoms with Crippen LogP contribution in [0.3, 0.4) is 0 Å². The Labute approximate surface area is 122 Å². The van der Waals surface area contributed by atoms with E-state index in [4.69, 9.17) is 4.74 Å². The summed E-state index contributed by atoms with van der Waals surface area (Å²) in [5.41, 5.74) is 3.49. The number of piperidine rings is 1. The molecular formula is C17H27NO2. The van der Waals surface area contributed by atoms with Crippen LogP contribution in [0.25, 0.3) is 0 Å². The summed E-state index contributed by atoms with van der Waals surface area (Å²) < 4.78 is 5.38. The van der Waals surface area contributed by atoms with Gasteiger partial charge in [0, 0.05) is 26.7 Å². The minimum Gasteiger partial charge on any atom is -0.388 e. The van der Waals surface area contributed by atoms with Gasteiger partial charge in [0.05, 0.1) is 12.2 Å². The van der Waals surface area contributed by atoms with Crippen molar-refractivity contribution in [2.24, 2.45) is 0 Å². The number of aryl methyl sites for hydroxylation is 2. The van der Waals surface area contributed by atoms with E-state index >= 15 is 0 Å². The lowest BCUT2D eigenvalue weighted by Gasteiger charge is -2.31. The van der Waals surface area contributed by atoms with Gasteiger partial charge in [-0.25, -0.2) is 0 Å². The number of aliphatic hydroxyl groups is 1. The van der Waals surface area contributed by atoms with Crippen molar-refractivity contribution in [3.05, 3.63) is 34.9 Å². The van der Waals surface area contributed by atoms with E-state index in [0.29, 0.717) is 6.10 Å². The number of rotatable bonds is 5. The molecule has 1 aromatic carbocycles. The molecule has 0 amide bonds. The average molecular weight is 277 g/mol. The summed E-state index contributed by atoms with van der Waals surface area (Å²) in [5, 5.41) is 10.3. The van der Waals surface area contributed by atoms with Crippen LogP contribution in [-0.2, 0) is 4.74 Å². The van der Waals surface area contributed by atoms with Gasteiger partial charge in [-0.2, -0.15) is 0 Å². The molecule has 3 nitrogen and oxygen atoms in total. The summed E-state index contributed by atoms with van der Waals surface area (Å²) in [6.07, 6.45) is 3.09. The molecule has 0 bridgehead atoms. The normalized spacial score (nSPS) is 19.2. The van der Waals surface area contributed by atoms with E-state index in [2.05, 4.69) is 36.9 Å². The largest absolute Gasteiger partial charge is 0.388 e. The summed E-state index contributed by atoms with van der Waals surface area (Å²) in [6, 6.07) is 6.33. The van der Waals surface area contributed by atoms with Gasteiger partial charge in [0.15, 0.2) is 0 Å². The van der Waals surface area contributed by atoms with Crippen molar-refractivity contribution in [1.29, 1.82) is 0 Å². The first kappa shape index (κ1) is 15.5. The van der Waals surface area contributed by atoms with Crippen molar-refractivity contribution in [2.45, 2.75) is 45.3 Å². The van der Waals surface area contributed by atoms with Crippen LogP contribution < -0.4 is 0 Å². The Balaban J connectivity index is 1.81. The summed E-state index contributed by atoms with van der Waals surface area (Å²) in [6.45, 7) is 7.29. The molecule has 0 saturated carbocycles. The van der Waals surface area contributed by atoms with Gasteiger partial charge in [-0.3, -0.25) is 0 Å². The number of ether oxygens (including phenoxy) is 1. The molecule has 1 saturated heterocycles. The molecule has 1 atom stereocenters. The zero-order valence-electron chi connectivity index (χ0n) is 12.9. The van der Waals surface area contributed by atoms with E-state index in [1.807, 2.05) is 0 Å². The first-order chi connectivity index (χ1) is 9.58. The predicted octanol–water partition coefficient (Wildman–Crippen LogP) is 2.84. The van der Waals surface area contributed by atoms with E-state index in [1.54, 1.807) is 7.11 Å². The highest BCUT2D eigenvalue weighted by atomic mass is 16.5. The minimum atomic E-state index is -0.353. The third-order valence-corrected chi connectivity index (χ3v) is 4.22. The van der Waals surface area contributed by atoms with Crippen LogP contribution in [0.1, 0.15) is 42.1 Å². The summed E-state index contributed by atoms with van der Waals surface area (Å²) in [7, 11) is 1.80. The van der Waals surface area contributed by atoms with Gasteiger partial charge in [0.25, 0.3) is 0 Å². The Hall–Kier alpha value is -0.900. The maximum atomic E-state index is 10.3. The van der Waals surface area contributed by atoms with Gasteiger partial charge in [0.2, 0.25) is 0 Å². The number of nitrogens with zero attached hydrogens (tertiary/aromatic N) is 1. The number of hydrogen-bond donors (Lipinski definition) is 1. The van der Waals surface area contributed by atoms with E-state index in [9.17, 15) is 5.11 Å². The van der Waals surface area contributed by atoms with Crippen LogP contribution in [0, 0.1) is 13.8 Å². The highest BCUT2D eigenvalue weighted by molar-refractivity contribution is 5.29. The molecule has 1 aliphatic rings. The molecule has 1 N–H and O–H groups in total. The smallest absolute Gasteiger partial charge is 0.0802 e. The molecule has 3 heteroatoms. The minimum absolute atomic E-state index is 0.353. The molecular weight excluding hydrogens is 250 g/mol. The molecule has 1 fully saturated rings. The van der Waals surface area contributed by atoms with Gasteiger partial charge in [-0.15, -0.1) is 0 Å². The second kappa shape index (κ2) is 7.21. The molecule has 0 spiro atoms. The summed E-state index contributed by atoms with van der Waals surface area (Å²) >= 11 is 0. The molecule has 0 aliphatic carbocycles. The molecule has 2 rings (SSSR count). The van der Waals surface area contributed by atoms with Gasteiger partial charge >= 0.3 is 0 Å². The molecule has 112 valence electrons. The van der Waals surface area contributed by atoms with E-state index < -0.39 is 0 Å². The molecule has 1 heterocycles. The highest BCUT2D eigenvalue weighted by Gasteiger charge is 2.19. The Kier molecular flexibility index (Phi) is 5.58. The number of benzene rings is 1. The zero-order valence-corrected chi connectivity index (χ0v) is 12.9. The molecule has 1 aromatic rings. The Bertz CT molecular complexity index is 405. The lowest BCUT2D eigenvalue weighted by atomic mass is 10.0. The molecule has 0 radical (unpaired) electrons. The Morgan fingerprint density at radius 1 is 1.20 bits per heavy atom. The fraction of sp³-hybridized carbons (Fsp3) is 0.647. The standard InChI is InChI=1S/C17H27NO2/c1-13-10-14(2)12-15(11-13)17(19)6-9-18-7-4-16(20-3)5-8-18/h10-12,16-17,19H,4-9H2,1-3H3. The molecule has 1 unspecified atom stereocenters. The van der Waals surface area contributed by atoms with Crippen molar-refractivity contribution < 1.29 is 9.84 Å². The second-order valence-corrected chi connectivity index (χ2v) is 6.00. The third kappa shape index (κ3) is 4.30. The number of likely N-dealkylation sites (tertiary alicyclic amines) is 1. The maximum absolute atomic E-state index is 10.3. The van der Waals surface area contributed by atoms with Crippen molar-refractivity contribution >= 4 is 0 Å². The fourth-order valence-corrected chi connectivity index (χ4v) is 3.04. The van der Waals surface area contributed by atoms with Crippen molar-refractivity contribution in [2.75, 3.05) is 26.7 Å². The zero-order chi connectivity index (χ0) is 14.5. The Morgan fingerprint density at radius 3 is 2.35 bits per heavy atom. The molecule has 0 aromatic heterocycles. The van der Waals surface area contributed by atoms with Gasteiger partial charge in [-0.1, -0.05) is 29.3 Å². The topological polar surface area (TPSA) is 32.7 Å². The number of hydrogen-bond acceptors (Lipinski definition) is 3. The highest BCUT2D eigenvalue weighted by Crippen LogP contribution is 2.21. The SMILES string of the molecule is COC1CCN(CCC(O)c2cc(C)cc(C)c2)CC1. The van der Waals surface area contributed by atoms with Crippen LogP contribution >= 0.6 is 0 Å². The van der Waals surface area contributed by atoms with Crippen LogP contribution in [0.5, 0.6) is 0 Å². The van der Waals surface area contributed by atoms with Crippen LogP contribution in [-0.4, -0.2) is 42.9 Å². The first-order valence-corrected chi connectivity index (χ1v) is 7.60. The van der Waals surface area contributed by atoms with Gasteiger partial charge in [0.1, 0.15) is 0 Å². The van der Waals surface area contributed by atoms with Crippen LogP contribution in [0.15, 0.2) is 18.2 Å². The predicted molar refractivity (Wildman–Crippen MR) is 82.0 cm³/mol. The average Bonchev–Trinajstić information content (AvgIpc) is 2.44. The summed E-state index contributed by atoms with van der Waals surface area (Å²) in [5.74, 6) is 0. The van der Waals surface area contributed by atoms with E-state index in [0.717, 1.165) is 44.5 Å². The number of aliphatic hydroxyl groups excluding tert-OH is 1. The maximum Gasteiger partial charge on any atom is 0.0802 e. The second-order valence-electron chi connectivity index (χ2n) is 6.00. The molecule has 1 aliphatic heterocycles. The van der Waals surface area contributed by atoms with E-state index in [-0.39, 0.29) is 6.10 Å². The van der Waals surface area contributed by atoms with Crippen LogP contribution in [0.4, 0.5) is 0 Å². The monoisotopic (exact) mass is 277 g/mol. The van der Waals surface area contributed by atoms with Crippen LogP contribution in [0.2, 0.25) is 0 Å². The lowest BCUT2D eigenvalue weighted by molar-refractivity contribution is 0.0360. The van der Waals surface area contributed by atoms with Gasteiger partial charge < -0.3 is 14.7 Å². The number of methoxy groups -OCH3 is 1. The lowest BCUT2D eigenvalue weighted by Crippen LogP contribution is -2.37. The van der Waals surface area contributed by atoms with E-state index in [1.165, 1.54) is 11.1 Å². The summed E-state index contributed by atoms with van der Waals surface area (Å²) in [4.78, 5) is 2.43. The fourth-order valence-electron chi connectivity index (χ4n) is 3.04. The third-order valence-electron chi connectivity index (χ3n) is 4.22. The van der Waals surface area contributed by atoms with Crippen molar-refractivity contribution in [1.82, 2.24) is 4.90 Å². The Morgan fingerprint density at radius 2 is 1.80 bits per heavy atom.